The number of allylic oxidation sites excluding steroid dienone is 4. The third-order valence-electron chi connectivity index (χ3n) is 2.40. The van der Waals surface area contributed by atoms with E-state index in [1.807, 2.05) is 13.0 Å². The van der Waals surface area contributed by atoms with Gasteiger partial charge in [-0.15, -0.1) is 0 Å². The second-order valence-corrected chi connectivity index (χ2v) is 3.61. The van der Waals surface area contributed by atoms with Crippen molar-refractivity contribution in [3.8, 4) is 0 Å². The first-order valence-electron chi connectivity index (χ1n) is 5.47. The summed E-state index contributed by atoms with van der Waals surface area (Å²) in [7, 11) is 0. The van der Waals surface area contributed by atoms with Gasteiger partial charge in [0.05, 0.1) is 0 Å². The Morgan fingerprint density at radius 3 is 2.36 bits per heavy atom. The Kier molecular flexibility index (Phi) is 7.09. The van der Waals surface area contributed by atoms with Crippen LogP contribution in [0.2, 0.25) is 0 Å². The molecule has 0 saturated carbocycles. The van der Waals surface area contributed by atoms with E-state index < -0.39 is 0 Å². The summed E-state index contributed by atoms with van der Waals surface area (Å²) >= 11 is 0. The number of rotatable bonds is 6. The number of ketones is 1. The van der Waals surface area contributed by atoms with E-state index >= 15 is 0 Å². The van der Waals surface area contributed by atoms with Crippen molar-refractivity contribution in [3.05, 3.63) is 23.8 Å². The molecule has 0 fully saturated rings. The highest BCUT2D eigenvalue weighted by Crippen LogP contribution is 2.17. The summed E-state index contributed by atoms with van der Waals surface area (Å²) < 4.78 is 0. The average molecular weight is 194 g/mol. The van der Waals surface area contributed by atoms with Crippen LogP contribution in [0.5, 0.6) is 0 Å². The molecule has 0 aromatic rings. The fourth-order valence-electron chi connectivity index (χ4n) is 1.56. The van der Waals surface area contributed by atoms with Gasteiger partial charge in [0.25, 0.3) is 0 Å². The van der Waals surface area contributed by atoms with Crippen molar-refractivity contribution < 1.29 is 4.79 Å². The maximum Gasteiger partial charge on any atom is 0.133 e. The maximum absolute atomic E-state index is 11.3. The lowest BCUT2D eigenvalue weighted by Gasteiger charge is -2.11. The van der Waals surface area contributed by atoms with Gasteiger partial charge in [-0.3, -0.25) is 4.79 Å². The van der Waals surface area contributed by atoms with Gasteiger partial charge in [0, 0.05) is 5.92 Å². The Morgan fingerprint density at radius 1 is 1.36 bits per heavy atom. The van der Waals surface area contributed by atoms with E-state index in [-0.39, 0.29) is 5.92 Å². The van der Waals surface area contributed by atoms with E-state index in [2.05, 4.69) is 26.0 Å². The number of Topliss-reactive ketones (excluding diaryl/α,β-unsaturated/α-hetero) is 1. The minimum atomic E-state index is 0.198. The van der Waals surface area contributed by atoms with Gasteiger partial charge in [-0.05, 0) is 33.1 Å². The molecule has 0 saturated heterocycles. The Morgan fingerprint density at radius 2 is 2.00 bits per heavy atom. The van der Waals surface area contributed by atoms with Gasteiger partial charge >= 0.3 is 0 Å². The van der Waals surface area contributed by atoms with E-state index in [9.17, 15) is 4.79 Å². The first-order chi connectivity index (χ1) is 6.65. The van der Waals surface area contributed by atoms with Crippen LogP contribution < -0.4 is 0 Å². The third kappa shape index (κ3) is 5.00. The zero-order valence-electron chi connectivity index (χ0n) is 9.84. The number of carbonyl (C=O) groups excluding carboxylic acids is 1. The molecule has 0 aliphatic carbocycles. The van der Waals surface area contributed by atoms with Crippen LogP contribution in [0.1, 0.15) is 47.0 Å². The second-order valence-electron chi connectivity index (χ2n) is 3.61. The molecule has 0 rings (SSSR count). The fraction of sp³-hybridized carbons (Fsp3) is 0.615. The van der Waals surface area contributed by atoms with Crippen molar-refractivity contribution in [2.75, 3.05) is 0 Å². The van der Waals surface area contributed by atoms with Crippen LogP contribution in [-0.2, 0) is 4.79 Å². The van der Waals surface area contributed by atoms with Gasteiger partial charge in [0.15, 0.2) is 0 Å². The Labute approximate surface area is 87.9 Å². The summed E-state index contributed by atoms with van der Waals surface area (Å²) in [5, 5.41) is 0. The van der Waals surface area contributed by atoms with Crippen LogP contribution in [0.25, 0.3) is 0 Å². The lowest BCUT2D eigenvalue weighted by molar-refractivity contribution is -0.120. The molecule has 0 aromatic heterocycles. The van der Waals surface area contributed by atoms with Crippen molar-refractivity contribution in [2.45, 2.75) is 47.0 Å². The Bertz CT molecular complexity index is 223. The molecule has 1 atom stereocenters. The fourth-order valence-corrected chi connectivity index (χ4v) is 1.56. The number of hydrogen-bond acceptors (Lipinski definition) is 1. The SMILES string of the molecule is CC=CC(=CCC)CC(CC)C(C)=O. The van der Waals surface area contributed by atoms with E-state index in [0.717, 1.165) is 19.3 Å². The first-order valence-corrected chi connectivity index (χ1v) is 5.47. The van der Waals surface area contributed by atoms with Crippen LogP contribution in [0.15, 0.2) is 23.8 Å². The summed E-state index contributed by atoms with van der Waals surface area (Å²) in [4.78, 5) is 11.3. The quantitative estimate of drug-likeness (QED) is 0.586. The van der Waals surface area contributed by atoms with Crippen LogP contribution in [0, 0.1) is 5.92 Å². The number of carbonyl (C=O) groups is 1. The molecule has 0 aromatic carbocycles. The summed E-state index contributed by atoms with van der Waals surface area (Å²) in [6.07, 6.45) is 9.21. The molecule has 0 radical (unpaired) electrons. The Hall–Kier alpha value is -0.850. The van der Waals surface area contributed by atoms with Crippen LogP contribution in [-0.4, -0.2) is 5.78 Å². The van der Waals surface area contributed by atoms with Gasteiger partial charge in [0.2, 0.25) is 0 Å². The molecule has 80 valence electrons. The minimum absolute atomic E-state index is 0.198. The molecule has 0 aliphatic heterocycles. The molecule has 0 amide bonds. The van der Waals surface area contributed by atoms with Crippen LogP contribution >= 0.6 is 0 Å². The van der Waals surface area contributed by atoms with Crippen molar-refractivity contribution in [3.63, 3.8) is 0 Å². The summed E-state index contributed by atoms with van der Waals surface area (Å²) in [6, 6.07) is 0. The van der Waals surface area contributed by atoms with Crippen molar-refractivity contribution in [1.29, 1.82) is 0 Å². The predicted octanol–water partition coefficient (Wildman–Crippen LogP) is 3.90. The minimum Gasteiger partial charge on any atom is -0.300 e. The molecule has 0 spiro atoms. The van der Waals surface area contributed by atoms with E-state index in [1.165, 1.54) is 5.57 Å². The summed E-state index contributed by atoms with van der Waals surface area (Å²) in [5.41, 5.74) is 1.29. The molecule has 0 N–H and O–H groups in total. The summed E-state index contributed by atoms with van der Waals surface area (Å²) in [5.74, 6) is 0.503. The molecular formula is C13H22O. The smallest absolute Gasteiger partial charge is 0.133 e. The lowest BCUT2D eigenvalue weighted by atomic mass is 9.93. The normalized spacial score (nSPS) is 14.7. The van der Waals surface area contributed by atoms with Crippen molar-refractivity contribution in [1.82, 2.24) is 0 Å². The Balaban J connectivity index is 4.41. The average Bonchev–Trinajstić information content (AvgIpc) is 2.14. The third-order valence-corrected chi connectivity index (χ3v) is 2.40. The van der Waals surface area contributed by atoms with Crippen LogP contribution in [0.4, 0.5) is 0 Å². The molecular weight excluding hydrogens is 172 g/mol. The van der Waals surface area contributed by atoms with Gasteiger partial charge in [-0.2, -0.15) is 0 Å². The van der Waals surface area contributed by atoms with Gasteiger partial charge in [-0.25, -0.2) is 0 Å². The molecule has 1 nitrogen and oxygen atoms in total. The predicted molar refractivity (Wildman–Crippen MR) is 62.3 cm³/mol. The molecule has 0 heterocycles. The molecule has 0 bridgehead atoms. The standard InChI is InChI=1S/C13H22O/c1-5-8-12(9-6-2)10-13(7-3)11(4)14/h5,8-9,13H,6-7,10H2,1-4H3. The topological polar surface area (TPSA) is 17.1 Å². The van der Waals surface area contributed by atoms with Crippen LogP contribution in [0.3, 0.4) is 0 Å². The molecule has 0 aliphatic rings. The van der Waals surface area contributed by atoms with Crippen molar-refractivity contribution >= 4 is 5.78 Å². The monoisotopic (exact) mass is 194 g/mol. The van der Waals surface area contributed by atoms with Gasteiger partial charge < -0.3 is 0 Å². The van der Waals surface area contributed by atoms with E-state index in [1.54, 1.807) is 6.92 Å². The maximum atomic E-state index is 11.3. The second kappa shape index (κ2) is 7.54. The van der Waals surface area contributed by atoms with Gasteiger partial charge in [0.1, 0.15) is 5.78 Å². The zero-order chi connectivity index (χ0) is 11.0. The lowest BCUT2D eigenvalue weighted by Crippen LogP contribution is -2.10. The zero-order valence-corrected chi connectivity index (χ0v) is 9.84. The molecule has 1 unspecified atom stereocenters. The van der Waals surface area contributed by atoms with Gasteiger partial charge in [-0.1, -0.05) is 37.6 Å². The number of hydrogen-bond donors (Lipinski definition) is 0. The molecule has 1 heteroatoms. The highest BCUT2D eigenvalue weighted by molar-refractivity contribution is 5.78. The first kappa shape index (κ1) is 13.2. The van der Waals surface area contributed by atoms with E-state index in [0.29, 0.717) is 5.78 Å². The highest BCUT2D eigenvalue weighted by atomic mass is 16.1. The summed E-state index contributed by atoms with van der Waals surface area (Å²) in [6.45, 7) is 7.90. The largest absolute Gasteiger partial charge is 0.300 e. The highest BCUT2D eigenvalue weighted by Gasteiger charge is 2.12. The van der Waals surface area contributed by atoms with E-state index in [4.69, 9.17) is 0 Å². The molecule has 14 heavy (non-hydrogen) atoms. The van der Waals surface area contributed by atoms with Crippen molar-refractivity contribution in [2.24, 2.45) is 5.92 Å².